The van der Waals surface area contributed by atoms with Gasteiger partial charge in [-0.05, 0) is 41.7 Å². The summed E-state index contributed by atoms with van der Waals surface area (Å²) < 4.78 is 9.45. The van der Waals surface area contributed by atoms with Crippen LogP contribution in [0.25, 0.3) is 0 Å². The topological polar surface area (TPSA) is 43.4 Å². The molecule has 0 bridgehead atoms. The number of hydrogen-bond donors (Lipinski definition) is 0. The molecule has 2 rings (SSSR count). The summed E-state index contributed by atoms with van der Waals surface area (Å²) in [6.07, 6.45) is 12.2. The maximum atomic E-state index is 10.7. The average molecular weight is 294 g/mol. The third-order valence-corrected chi connectivity index (χ3v) is 4.20. The van der Waals surface area contributed by atoms with E-state index >= 15 is 0 Å². The molecule has 2 aromatic heterocycles. The normalized spacial score (nSPS) is 11.0. The molecular weight excluding hydrogens is 272 g/mol. The molecule has 0 radical (unpaired) electrons. The van der Waals surface area contributed by atoms with Gasteiger partial charge in [0.15, 0.2) is 0 Å². The van der Waals surface area contributed by atoms with E-state index in [0.29, 0.717) is 5.76 Å². The molecule has 0 amide bonds. The summed E-state index contributed by atoms with van der Waals surface area (Å²) in [5.74, 6) is 0.0800. The van der Waals surface area contributed by atoms with Crippen molar-refractivity contribution in [1.82, 2.24) is 0 Å². The zero-order valence-electron chi connectivity index (χ0n) is 11.8. The molecule has 0 spiro atoms. The van der Waals surface area contributed by atoms with Crippen molar-refractivity contribution in [3.05, 3.63) is 45.0 Å². The van der Waals surface area contributed by atoms with E-state index in [4.69, 9.17) is 4.42 Å². The lowest BCUT2D eigenvalue weighted by atomic mass is 10.1. The largest absolute Gasteiger partial charge is 0.518 e. The summed E-state index contributed by atoms with van der Waals surface area (Å²) in [7, 11) is 0. The summed E-state index contributed by atoms with van der Waals surface area (Å²) >= 11 is 1.78. The molecule has 0 aliphatic rings. The molecule has 3 nitrogen and oxygen atoms in total. The minimum absolute atomic E-state index is 0.592. The van der Waals surface area contributed by atoms with Gasteiger partial charge in [0.1, 0.15) is 12.0 Å². The molecular formula is C16H22O3S. The van der Waals surface area contributed by atoms with Crippen molar-refractivity contribution in [1.29, 1.82) is 0 Å². The Labute approximate surface area is 123 Å². The first kappa shape index (κ1) is 15.1. The van der Waals surface area contributed by atoms with Gasteiger partial charge in [-0.1, -0.05) is 32.1 Å². The van der Waals surface area contributed by atoms with Gasteiger partial charge in [-0.3, -0.25) is 0 Å². The lowest BCUT2D eigenvalue weighted by molar-refractivity contribution is 0.371. The van der Waals surface area contributed by atoms with Crippen LogP contribution in [0.4, 0.5) is 0 Å². The molecule has 0 aromatic carbocycles. The molecule has 0 aliphatic heterocycles. The van der Waals surface area contributed by atoms with Crippen LogP contribution in [0.5, 0.6) is 0 Å². The van der Waals surface area contributed by atoms with E-state index in [2.05, 4.69) is 21.2 Å². The zero-order chi connectivity index (χ0) is 14.0. The Balaban J connectivity index is 1.39. The van der Waals surface area contributed by atoms with E-state index in [-0.39, 0.29) is 0 Å². The van der Waals surface area contributed by atoms with Crippen molar-refractivity contribution in [3.8, 4) is 0 Å². The third kappa shape index (κ3) is 5.78. The number of unbranched alkanes of at least 4 members (excludes halogenated alkanes) is 6. The summed E-state index contributed by atoms with van der Waals surface area (Å²) in [4.78, 5) is 10.7. The highest BCUT2D eigenvalue weighted by atomic mass is 32.1. The highest BCUT2D eigenvalue weighted by molar-refractivity contribution is 7.07. The van der Waals surface area contributed by atoms with Crippen molar-refractivity contribution in [2.24, 2.45) is 0 Å². The first-order valence-corrected chi connectivity index (χ1v) is 8.37. The lowest BCUT2D eigenvalue weighted by Gasteiger charge is -2.01. The highest BCUT2D eigenvalue weighted by Gasteiger charge is 2.00. The van der Waals surface area contributed by atoms with E-state index in [1.165, 1.54) is 56.8 Å². The van der Waals surface area contributed by atoms with Gasteiger partial charge in [0.2, 0.25) is 0 Å². The van der Waals surface area contributed by atoms with E-state index < -0.39 is 5.82 Å². The average Bonchev–Trinajstić information content (AvgIpc) is 3.08. The summed E-state index contributed by atoms with van der Waals surface area (Å²) in [5.41, 5.74) is 1.48. The first-order valence-electron chi connectivity index (χ1n) is 7.43. The van der Waals surface area contributed by atoms with Crippen LogP contribution in [-0.2, 0) is 12.8 Å². The molecule has 4 heteroatoms. The number of rotatable bonds is 10. The van der Waals surface area contributed by atoms with Crippen molar-refractivity contribution in [3.63, 3.8) is 0 Å². The first-order chi connectivity index (χ1) is 9.84. The predicted molar refractivity (Wildman–Crippen MR) is 81.3 cm³/mol. The molecule has 0 saturated heterocycles. The second kappa shape index (κ2) is 8.80. The van der Waals surface area contributed by atoms with Gasteiger partial charge < -0.3 is 8.83 Å². The number of aryl methyl sites for hydroxylation is 2. The fourth-order valence-corrected chi connectivity index (χ4v) is 3.03. The van der Waals surface area contributed by atoms with Crippen LogP contribution in [0.2, 0.25) is 0 Å². The third-order valence-electron chi connectivity index (χ3n) is 3.47. The van der Waals surface area contributed by atoms with Gasteiger partial charge in [-0.2, -0.15) is 11.3 Å². The van der Waals surface area contributed by atoms with Crippen LogP contribution in [-0.4, -0.2) is 0 Å². The fourth-order valence-electron chi connectivity index (χ4n) is 2.33. The molecule has 0 N–H and O–H groups in total. The Morgan fingerprint density at radius 3 is 2.25 bits per heavy atom. The fraction of sp³-hybridized carbons (Fsp3) is 0.562. The van der Waals surface area contributed by atoms with Gasteiger partial charge in [0, 0.05) is 6.42 Å². The molecule has 110 valence electrons. The quantitative estimate of drug-likeness (QED) is 0.591. The van der Waals surface area contributed by atoms with Gasteiger partial charge in [0.05, 0.1) is 0 Å². The van der Waals surface area contributed by atoms with Crippen LogP contribution in [0.15, 0.2) is 36.7 Å². The Morgan fingerprint density at radius 1 is 0.950 bits per heavy atom. The molecule has 20 heavy (non-hydrogen) atoms. The summed E-state index contributed by atoms with van der Waals surface area (Å²) in [5, 5.41) is 4.39. The van der Waals surface area contributed by atoms with Crippen molar-refractivity contribution >= 4 is 11.3 Å². The Kier molecular flexibility index (Phi) is 6.64. The van der Waals surface area contributed by atoms with Crippen LogP contribution >= 0.6 is 11.3 Å². The molecule has 0 atom stereocenters. The van der Waals surface area contributed by atoms with Gasteiger partial charge in [-0.25, -0.2) is 4.79 Å². The minimum atomic E-state index is -0.592. The van der Waals surface area contributed by atoms with Gasteiger partial charge in [-0.15, -0.1) is 0 Å². The van der Waals surface area contributed by atoms with E-state index in [1.54, 1.807) is 11.3 Å². The molecule has 0 saturated carbocycles. The van der Waals surface area contributed by atoms with Gasteiger partial charge in [0.25, 0.3) is 0 Å². The summed E-state index contributed by atoms with van der Waals surface area (Å²) in [6.45, 7) is 0. The minimum Gasteiger partial charge on any atom is -0.399 e. The second-order valence-electron chi connectivity index (χ2n) is 5.16. The SMILES string of the molecule is O=c1occ(CCCCCCCCCc2ccsc2)o1. The lowest BCUT2D eigenvalue weighted by Crippen LogP contribution is -1.88. The summed E-state index contributed by atoms with van der Waals surface area (Å²) in [6, 6.07) is 2.22. The van der Waals surface area contributed by atoms with E-state index in [1.807, 2.05) is 0 Å². The van der Waals surface area contributed by atoms with Gasteiger partial charge >= 0.3 is 5.82 Å². The number of hydrogen-bond acceptors (Lipinski definition) is 4. The molecule has 2 heterocycles. The highest BCUT2D eigenvalue weighted by Crippen LogP contribution is 2.13. The van der Waals surface area contributed by atoms with E-state index in [0.717, 1.165) is 12.8 Å². The van der Waals surface area contributed by atoms with Crippen LogP contribution < -0.4 is 5.82 Å². The monoisotopic (exact) mass is 294 g/mol. The van der Waals surface area contributed by atoms with Crippen molar-refractivity contribution < 1.29 is 8.83 Å². The molecule has 0 fully saturated rings. The Hall–Kier alpha value is -1.29. The standard InChI is InChI=1S/C16H22O3S/c17-16-18-12-15(19-16)9-7-5-3-1-2-4-6-8-14-10-11-20-13-14/h10-13H,1-9H2. The predicted octanol–water partition coefficient (Wildman–Crippen LogP) is 4.81. The Bertz CT molecular complexity index is 510. The van der Waals surface area contributed by atoms with Crippen molar-refractivity contribution in [2.75, 3.05) is 0 Å². The van der Waals surface area contributed by atoms with Crippen molar-refractivity contribution in [2.45, 2.75) is 57.8 Å². The maximum Gasteiger partial charge on any atom is 0.518 e. The maximum absolute atomic E-state index is 10.7. The van der Waals surface area contributed by atoms with Crippen LogP contribution in [0.1, 0.15) is 56.3 Å². The molecule has 2 aromatic rings. The van der Waals surface area contributed by atoms with E-state index in [9.17, 15) is 4.79 Å². The Morgan fingerprint density at radius 2 is 1.65 bits per heavy atom. The zero-order valence-corrected chi connectivity index (χ0v) is 12.6. The molecule has 0 unspecified atom stereocenters. The number of thiophene rings is 1. The second-order valence-corrected chi connectivity index (χ2v) is 5.94. The molecule has 0 aliphatic carbocycles. The smallest absolute Gasteiger partial charge is 0.399 e. The van der Waals surface area contributed by atoms with Crippen LogP contribution in [0.3, 0.4) is 0 Å². The van der Waals surface area contributed by atoms with Crippen LogP contribution in [0, 0.1) is 0 Å².